The van der Waals surface area contributed by atoms with E-state index in [2.05, 4.69) is 13.2 Å². The summed E-state index contributed by atoms with van der Waals surface area (Å²) in [6.07, 6.45) is 6.80. The third kappa shape index (κ3) is 12.1. The molecule has 0 fully saturated rings. The highest BCUT2D eigenvalue weighted by atomic mass is 16.6. The molecule has 0 radical (unpaired) electrons. The molecule has 12 heteroatoms. The number of hydrogen-bond donors (Lipinski definition) is 1. The fourth-order valence-electron chi connectivity index (χ4n) is 6.14. The SMILES string of the molecule is C=C(C)C(=O)OCCCOc1ccc(C=CC(=O)Oc2ccc3c(c2)C(C)c2cc(OC(=O)C=Cc4ccc(OCCCOC(=O)C(=C)C)c(OC)c4)ccc2-3)cc1CO. The highest BCUT2D eigenvalue weighted by Gasteiger charge is 2.27. The number of methoxy groups -OCH3 is 1. The number of esters is 4. The van der Waals surface area contributed by atoms with Gasteiger partial charge in [0.15, 0.2) is 11.5 Å². The normalized spacial score (nSPS) is 12.7. The summed E-state index contributed by atoms with van der Waals surface area (Å²) >= 11 is 0. The summed E-state index contributed by atoms with van der Waals surface area (Å²) in [5.74, 6) is 0.150. The molecular formula is C48H48O12. The molecule has 0 saturated carbocycles. The van der Waals surface area contributed by atoms with Gasteiger partial charge in [0.25, 0.3) is 0 Å². The van der Waals surface area contributed by atoms with Crippen LogP contribution in [0.2, 0.25) is 0 Å². The third-order valence-corrected chi connectivity index (χ3v) is 9.23. The van der Waals surface area contributed by atoms with Crippen molar-refractivity contribution in [2.45, 2.75) is 46.1 Å². The summed E-state index contributed by atoms with van der Waals surface area (Å²) in [5.41, 5.74) is 6.48. The second-order valence-corrected chi connectivity index (χ2v) is 13.9. The van der Waals surface area contributed by atoms with Crippen LogP contribution >= 0.6 is 0 Å². The van der Waals surface area contributed by atoms with Gasteiger partial charge in [0.05, 0.1) is 40.1 Å². The first-order valence-corrected chi connectivity index (χ1v) is 19.3. The van der Waals surface area contributed by atoms with Crippen LogP contribution in [0.25, 0.3) is 23.3 Å². The Morgan fingerprint density at radius 3 is 1.60 bits per heavy atom. The Labute approximate surface area is 349 Å². The van der Waals surface area contributed by atoms with E-state index in [-0.39, 0.29) is 32.3 Å². The van der Waals surface area contributed by atoms with Crippen molar-refractivity contribution in [1.82, 2.24) is 0 Å². The number of ether oxygens (including phenoxy) is 7. The van der Waals surface area contributed by atoms with E-state index in [1.165, 1.54) is 19.3 Å². The first-order valence-electron chi connectivity index (χ1n) is 19.3. The standard InChI is InChI=1S/C48H48O12/c1-30(2)47(52)57-23-7-21-55-42-17-9-33(25-35(42)29-49)11-19-45(50)59-36-13-15-38-39-16-14-37(28-41(39)32(5)40(38)27-36)60-46(51)20-12-34-10-18-43(44(26-34)54-6)56-22-8-24-58-48(53)31(3)4/h9-20,25-28,32,49H,1,3,7-8,21-24,29H2,2,4-6H3. The molecule has 60 heavy (non-hydrogen) atoms. The van der Waals surface area contributed by atoms with E-state index < -0.39 is 23.9 Å². The first kappa shape index (κ1) is 44.2. The second-order valence-electron chi connectivity index (χ2n) is 13.9. The molecule has 5 rings (SSSR count). The van der Waals surface area contributed by atoms with Crippen LogP contribution < -0.4 is 23.7 Å². The third-order valence-electron chi connectivity index (χ3n) is 9.23. The lowest BCUT2D eigenvalue weighted by Crippen LogP contribution is -2.09. The van der Waals surface area contributed by atoms with E-state index in [0.29, 0.717) is 76.0 Å². The van der Waals surface area contributed by atoms with Gasteiger partial charge in [-0.15, -0.1) is 0 Å². The topological polar surface area (TPSA) is 153 Å². The van der Waals surface area contributed by atoms with Crippen LogP contribution in [-0.2, 0) is 35.3 Å². The molecule has 0 aliphatic heterocycles. The number of aliphatic hydroxyl groups is 1. The molecule has 12 nitrogen and oxygen atoms in total. The number of aliphatic hydroxyl groups excluding tert-OH is 1. The summed E-state index contributed by atoms with van der Waals surface area (Å²) in [4.78, 5) is 48.7. The van der Waals surface area contributed by atoms with E-state index in [4.69, 9.17) is 33.2 Å². The van der Waals surface area contributed by atoms with Crippen molar-refractivity contribution in [1.29, 1.82) is 0 Å². The largest absolute Gasteiger partial charge is 0.493 e. The van der Waals surface area contributed by atoms with E-state index in [1.807, 2.05) is 31.2 Å². The van der Waals surface area contributed by atoms with Gasteiger partial charge in [-0.05, 0) is 108 Å². The number of carbonyl (C=O) groups excluding carboxylic acids is 4. The zero-order chi connectivity index (χ0) is 43.2. The fourth-order valence-corrected chi connectivity index (χ4v) is 6.14. The zero-order valence-corrected chi connectivity index (χ0v) is 34.1. The van der Waals surface area contributed by atoms with Gasteiger partial charge in [0.1, 0.15) is 17.2 Å². The lowest BCUT2D eigenvalue weighted by molar-refractivity contribution is -0.140. The molecule has 0 spiro atoms. The molecule has 4 aromatic carbocycles. The smallest absolute Gasteiger partial charge is 0.336 e. The minimum Gasteiger partial charge on any atom is -0.493 e. The summed E-state index contributed by atoms with van der Waals surface area (Å²) in [7, 11) is 1.52. The van der Waals surface area contributed by atoms with Gasteiger partial charge in [-0.1, -0.05) is 44.3 Å². The molecule has 0 aromatic heterocycles. The Balaban J connectivity index is 1.12. The van der Waals surface area contributed by atoms with Crippen LogP contribution in [0.4, 0.5) is 0 Å². The maximum Gasteiger partial charge on any atom is 0.336 e. The second kappa shape index (κ2) is 21.2. The zero-order valence-electron chi connectivity index (χ0n) is 34.1. The van der Waals surface area contributed by atoms with Crippen molar-refractivity contribution < 1.29 is 57.4 Å². The van der Waals surface area contributed by atoms with Crippen molar-refractivity contribution in [2.24, 2.45) is 0 Å². The molecular weight excluding hydrogens is 769 g/mol. The molecule has 0 bridgehead atoms. The maximum absolute atomic E-state index is 12.8. The number of rotatable bonds is 20. The van der Waals surface area contributed by atoms with Gasteiger partial charge in [-0.3, -0.25) is 0 Å². The number of carbonyl (C=O) groups is 4. The van der Waals surface area contributed by atoms with Crippen LogP contribution in [0.3, 0.4) is 0 Å². The van der Waals surface area contributed by atoms with Crippen LogP contribution in [0.5, 0.6) is 28.7 Å². The van der Waals surface area contributed by atoms with E-state index in [9.17, 15) is 24.3 Å². The van der Waals surface area contributed by atoms with Crippen LogP contribution in [0.1, 0.15) is 67.3 Å². The quantitative estimate of drug-likeness (QED) is 0.0395. The summed E-state index contributed by atoms with van der Waals surface area (Å²) < 4.78 is 38.4. The number of hydrogen-bond acceptors (Lipinski definition) is 12. The van der Waals surface area contributed by atoms with Crippen LogP contribution in [-0.4, -0.2) is 62.5 Å². The van der Waals surface area contributed by atoms with Gasteiger partial charge >= 0.3 is 23.9 Å². The van der Waals surface area contributed by atoms with Crippen molar-refractivity contribution >= 4 is 36.0 Å². The summed E-state index contributed by atoms with van der Waals surface area (Å²) in [5, 5.41) is 9.88. The van der Waals surface area contributed by atoms with Crippen molar-refractivity contribution in [3.05, 3.63) is 137 Å². The first-order chi connectivity index (χ1) is 28.9. The Morgan fingerprint density at radius 2 is 1.12 bits per heavy atom. The minimum atomic E-state index is -0.575. The number of fused-ring (bicyclic) bond motifs is 3. The van der Waals surface area contributed by atoms with Gasteiger partial charge in [-0.25, -0.2) is 19.2 Å². The van der Waals surface area contributed by atoms with Crippen molar-refractivity contribution in [3.8, 4) is 39.9 Å². The highest BCUT2D eigenvalue weighted by molar-refractivity contribution is 5.91. The lowest BCUT2D eigenvalue weighted by atomic mass is 9.99. The maximum atomic E-state index is 12.8. The fraction of sp³-hybridized carbons (Fsp3) is 0.250. The average Bonchev–Trinajstić information content (AvgIpc) is 3.51. The molecule has 1 N–H and O–H groups in total. The molecule has 0 saturated heterocycles. The molecule has 0 heterocycles. The molecule has 1 unspecified atom stereocenters. The Morgan fingerprint density at radius 1 is 0.633 bits per heavy atom. The summed E-state index contributed by atoms with van der Waals surface area (Å²) in [6, 6.07) is 21.4. The van der Waals surface area contributed by atoms with E-state index in [0.717, 1.165) is 22.3 Å². The van der Waals surface area contributed by atoms with Gasteiger partial charge in [0, 0.05) is 47.6 Å². The molecule has 1 aliphatic rings. The predicted molar refractivity (Wildman–Crippen MR) is 226 cm³/mol. The molecule has 4 aromatic rings. The number of benzene rings is 4. The van der Waals surface area contributed by atoms with Gasteiger partial charge in [0.2, 0.25) is 0 Å². The predicted octanol–water partition coefficient (Wildman–Crippen LogP) is 8.33. The Hall–Kier alpha value is -6.92. The highest BCUT2D eigenvalue weighted by Crippen LogP contribution is 2.47. The van der Waals surface area contributed by atoms with Crippen molar-refractivity contribution in [2.75, 3.05) is 33.5 Å². The minimum absolute atomic E-state index is 0.0676. The Bertz CT molecular complexity index is 2160. The van der Waals surface area contributed by atoms with Crippen molar-refractivity contribution in [3.63, 3.8) is 0 Å². The van der Waals surface area contributed by atoms with Gasteiger partial charge < -0.3 is 38.3 Å². The monoisotopic (exact) mass is 816 g/mol. The summed E-state index contributed by atoms with van der Waals surface area (Å²) in [6.45, 7) is 13.0. The average molecular weight is 817 g/mol. The lowest BCUT2D eigenvalue weighted by Gasteiger charge is -2.11. The molecule has 1 aliphatic carbocycles. The van der Waals surface area contributed by atoms with Crippen LogP contribution in [0.15, 0.2) is 109 Å². The molecule has 0 amide bonds. The Kier molecular flexibility index (Phi) is 15.6. The van der Waals surface area contributed by atoms with E-state index in [1.54, 1.807) is 74.5 Å². The molecule has 312 valence electrons. The molecule has 1 atom stereocenters. The van der Waals surface area contributed by atoms with Gasteiger partial charge in [-0.2, -0.15) is 0 Å². The van der Waals surface area contributed by atoms with Crippen LogP contribution in [0, 0.1) is 0 Å². The van der Waals surface area contributed by atoms with E-state index >= 15 is 0 Å².